The summed E-state index contributed by atoms with van der Waals surface area (Å²) in [5.74, 6) is 7.64. The Morgan fingerprint density at radius 2 is 1.91 bits per heavy atom. The number of nitrogens with two attached hydrogens (primary N) is 1. The Morgan fingerprint density at radius 3 is 2.64 bits per heavy atom. The van der Waals surface area contributed by atoms with Gasteiger partial charge in [0.15, 0.2) is 5.54 Å². The number of rotatable bonds is 1. The minimum atomic E-state index is -0.886. The molecule has 1 saturated heterocycles. The van der Waals surface area contributed by atoms with E-state index in [1.807, 2.05) is 30.3 Å². The second kappa shape index (κ2) is 7.20. The van der Waals surface area contributed by atoms with Gasteiger partial charge in [0.25, 0.3) is 6.02 Å². The van der Waals surface area contributed by atoms with Gasteiger partial charge in [-0.2, -0.15) is 0 Å². The lowest BCUT2D eigenvalue weighted by Gasteiger charge is -2.33. The van der Waals surface area contributed by atoms with Crippen LogP contribution in [-0.2, 0) is 15.0 Å². The maximum absolute atomic E-state index is 6.16. The molecule has 1 fully saturated rings. The fourth-order valence-electron chi connectivity index (χ4n) is 4.25. The zero-order chi connectivity index (χ0) is 22.6. The Balaban J connectivity index is 1.49. The number of amidine groups is 1. The number of halogens is 1. The molecule has 3 aliphatic rings. The van der Waals surface area contributed by atoms with Crippen molar-refractivity contribution in [3.8, 4) is 34.6 Å². The van der Waals surface area contributed by atoms with Crippen LogP contribution >= 0.6 is 11.6 Å². The Bertz CT molecular complexity index is 1390. The first-order chi connectivity index (χ1) is 15.9. The molecule has 0 bridgehead atoms. The zero-order valence-corrected chi connectivity index (χ0v) is 18.5. The van der Waals surface area contributed by atoms with Crippen molar-refractivity contribution in [2.75, 3.05) is 19.8 Å². The number of hydrogen-bond donors (Lipinski definition) is 1. The van der Waals surface area contributed by atoms with E-state index < -0.39 is 5.54 Å². The largest absolute Gasteiger partial charge is 0.462 e. The first kappa shape index (κ1) is 20.0. The molecule has 0 aliphatic carbocycles. The fraction of sp³-hybridized carbons (Fsp3) is 0.240. The average molecular weight is 459 g/mol. The highest BCUT2D eigenvalue weighted by Crippen LogP contribution is 2.51. The van der Waals surface area contributed by atoms with E-state index in [1.54, 1.807) is 18.6 Å². The average Bonchev–Trinajstić information content (AvgIpc) is 3.19. The van der Waals surface area contributed by atoms with Crippen molar-refractivity contribution in [2.24, 2.45) is 16.1 Å². The lowest BCUT2D eigenvalue weighted by Crippen LogP contribution is -2.38. The van der Waals surface area contributed by atoms with Gasteiger partial charge in [0.05, 0.1) is 29.2 Å². The van der Waals surface area contributed by atoms with Gasteiger partial charge in [-0.3, -0.25) is 4.98 Å². The number of nitrogens with zero attached hydrogens (tertiary/aromatic N) is 3. The molecule has 1 aromatic carbocycles. The first-order valence-electron chi connectivity index (χ1n) is 10.5. The molecule has 0 amide bonds. The molecule has 3 aromatic rings. The molecule has 164 valence electrons. The summed E-state index contributed by atoms with van der Waals surface area (Å²) in [6.07, 6.45) is 5.08. The van der Waals surface area contributed by atoms with E-state index in [1.165, 1.54) is 0 Å². The van der Waals surface area contributed by atoms with Crippen LogP contribution in [-0.4, -0.2) is 35.8 Å². The second-order valence-electron chi connectivity index (χ2n) is 8.68. The molecular formula is C25H19ClN4O3. The molecule has 0 radical (unpaired) electrons. The Morgan fingerprint density at radius 1 is 1.03 bits per heavy atom. The summed E-state index contributed by atoms with van der Waals surface area (Å²) in [7, 11) is 0. The van der Waals surface area contributed by atoms with Crippen LogP contribution < -0.4 is 10.5 Å². The van der Waals surface area contributed by atoms with Crippen molar-refractivity contribution in [3.05, 3.63) is 70.6 Å². The van der Waals surface area contributed by atoms with Gasteiger partial charge >= 0.3 is 0 Å². The third-order valence-electron chi connectivity index (χ3n) is 6.05. The Hall–Kier alpha value is -3.60. The van der Waals surface area contributed by atoms with Gasteiger partial charge in [-0.05, 0) is 36.8 Å². The molecule has 0 unspecified atom stereocenters. The lowest BCUT2D eigenvalue weighted by atomic mass is 9.81. The van der Waals surface area contributed by atoms with E-state index in [0.717, 1.165) is 27.8 Å². The highest BCUT2D eigenvalue weighted by Gasteiger charge is 2.48. The van der Waals surface area contributed by atoms with Crippen molar-refractivity contribution in [1.29, 1.82) is 0 Å². The monoisotopic (exact) mass is 458 g/mol. The van der Waals surface area contributed by atoms with E-state index in [-0.39, 0.29) is 18.0 Å². The zero-order valence-electron chi connectivity index (χ0n) is 17.8. The summed E-state index contributed by atoms with van der Waals surface area (Å²) in [6, 6.07) is 9.81. The van der Waals surface area contributed by atoms with E-state index >= 15 is 0 Å². The minimum Gasteiger partial charge on any atom is -0.462 e. The van der Waals surface area contributed by atoms with Crippen LogP contribution in [0.25, 0.3) is 11.1 Å². The summed E-state index contributed by atoms with van der Waals surface area (Å²) in [6.45, 7) is 3.59. The number of ether oxygens (including phenoxy) is 3. The van der Waals surface area contributed by atoms with Crippen LogP contribution in [0.5, 0.6) is 11.6 Å². The molecular weight excluding hydrogens is 440 g/mol. The summed E-state index contributed by atoms with van der Waals surface area (Å²) < 4.78 is 17.1. The molecule has 2 aromatic heterocycles. The summed E-state index contributed by atoms with van der Waals surface area (Å²) in [5.41, 5.74) is 9.16. The van der Waals surface area contributed by atoms with E-state index in [0.29, 0.717) is 29.9 Å². The molecule has 33 heavy (non-hydrogen) atoms. The highest BCUT2D eigenvalue weighted by atomic mass is 35.5. The van der Waals surface area contributed by atoms with Crippen LogP contribution in [0.3, 0.4) is 0 Å². The van der Waals surface area contributed by atoms with Crippen LogP contribution in [0.15, 0.2) is 53.9 Å². The predicted molar refractivity (Wildman–Crippen MR) is 123 cm³/mol. The molecule has 6 rings (SSSR count). The number of benzene rings is 1. The van der Waals surface area contributed by atoms with Crippen LogP contribution in [0, 0.1) is 17.3 Å². The van der Waals surface area contributed by atoms with Crippen molar-refractivity contribution >= 4 is 17.6 Å². The summed E-state index contributed by atoms with van der Waals surface area (Å²) in [4.78, 5) is 13.5. The highest BCUT2D eigenvalue weighted by molar-refractivity contribution is 6.30. The summed E-state index contributed by atoms with van der Waals surface area (Å²) in [5, 5.41) is 0.561. The third-order valence-corrected chi connectivity index (χ3v) is 6.25. The van der Waals surface area contributed by atoms with Crippen molar-refractivity contribution in [3.63, 3.8) is 0 Å². The van der Waals surface area contributed by atoms with Crippen molar-refractivity contribution in [2.45, 2.75) is 12.5 Å². The van der Waals surface area contributed by atoms with Gasteiger partial charge in [0.2, 0.25) is 5.88 Å². The van der Waals surface area contributed by atoms with E-state index in [9.17, 15) is 0 Å². The topological polar surface area (TPSA) is 91.9 Å². The molecule has 3 aliphatic heterocycles. The van der Waals surface area contributed by atoms with Gasteiger partial charge in [-0.1, -0.05) is 29.5 Å². The molecule has 0 saturated carbocycles. The molecule has 1 atom stereocenters. The number of aliphatic imine (C=N–C) groups is 1. The van der Waals surface area contributed by atoms with Crippen LogP contribution in [0.1, 0.15) is 23.6 Å². The molecule has 5 heterocycles. The fourth-order valence-corrected chi connectivity index (χ4v) is 4.42. The van der Waals surface area contributed by atoms with Gasteiger partial charge in [0.1, 0.15) is 12.4 Å². The molecule has 8 heteroatoms. The Labute approximate surface area is 195 Å². The van der Waals surface area contributed by atoms with Crippen LogP contribution in [0.2, 0.25) is 5.02 Å². The molecule has 2 N–H and O–H groups in total. The second-order valence-corrected chi connectivity index (χ2v) is 9.12. The molecule has 7 nitrogen and oxygen atoms in total. The first-order valence-corrected chi connectivity index (χ1v) is 10.8. The minimum absolute atomic E-state index is 0.124. The van der Waals surface area contributed by atoms with Crippen LogP contribution in [0.4, 0.5) is 0 Å². The maximum atomic E-state index is 6.16. The molecule has 1 spiro atoms. The van der Waals surface area contributed by atoms with Crippen molar-refractivity contribution in [1.82, 2.24) is 9.97 Å². The summed E-state index contributed by atoms with van der Waals surface area (Å²) >= 11 is 6.16. The number of hydrogen-bond acceptors (Lipinski definition) is 7. The third kappa shape index (κ3) is 3.30. The number of pyridine rings is 2. The van der Waals surface area contributed by atoms with Gasteiger partial charge in [-0.25, -0.2) is 9.98 Å². The van der Waals surface area contributed by atoms with E-state index in [4.69, 9.17) is 36.5 Å². The lowest BCUT2D eigenvalue weighted by molar-refractivity contribution is -0.0648. The normalized spacial score (nSPS) is 21.5. The van der Waals surface area contributed by atoms with Gasteiger partial charge < -0.3 is 19.9 Å². The number of fused-ring (bicyclic) bond motifs is 4. The standard InChI is InChI=1S/C25H19ClN4O3/c1-24(12-31-13-24)5-4-15-6-20-22(29-9-15)33-21-3-2-16(17-7-18(26)11-28-10-17)8-19(21)25(20)14-32-23(27)30-25/h2-3,6-11H,12-14H2,1H3,(H2,27,30)/t25-/m0/s1. The quantitative estimate of drug-likeness (QED) is 0.556. The Kier molecular flexibility index (Phi) is 4.37. The SMILES string of the molecule is CC1(C#Cc2cnc3c(c2)[C@]2(COC(N)=N2)c2cc(-c4cncc(Cl)c4)ccc2O3)COC1. The maximum Gasteiger partial charge on any atom is 0.283 e. The van der Waals surface area contributed by atoms with E-state index in [2.05, 4.69) is 28.7 Å². The van der Waals surface area contributed by atoms with Gasteiger partial charge in [0, 0.05) is 35.3 Å². The van der Waals surface area contributed by atoms with Crippen molar-refractivity contribution < 1.29 is 14.2 Å². The predicted octanol–water partition coefficient (Wildman–Crippen LogP) is 3.88. The number of aromatic nitrogens is 2. The van der Waals surface area contributed by atoms with Gasteiger partial charge in [-0.15, -0.1) is 0 Å². The smallest absolute Gasteiger partial charge is 0.283 e.